The third kappa shape index (κ3) is 4.88. The van der Waals surface area contributed by atoms with Crippen LogP contribution in [0.15, 0.2) is 45.5 Å². The highest BCUT2D eigenvalue weighted by Crippen LogP contribution is 2.34. The standard InChI is InChI=1S/C17H19N3O3S4/c1-3-8-20-16(21)14-12(13-6-4-9-24-13)11-26-15(14)19-17(20)25-10-5-7-18-27(2,22)23/h3-4,6,9,11,18H,1,5,7-8,10H2,2H3. The molecule has 0 aliphatic heterocycles. The summed E-state index contributed by atoms with van der Waals surface area (Å²) in [5.74, 6) is 0.654. The minimum Gasteiger partial charge on any atom is -0.283 e. The van der Waals surface area contributed by atoms with Crippen LogP contribution in [0, 0.1) is 0 Å². The quantitative estimate of drug-likeness (QED) is 0.238. The molecule has 144 valence electrons. The molecule has 0 spiro atoms. The number of hydrogen-bond acceptors (Lipinski definition) is 7. The van der Waals surface area contributed by atoms with E-state index < -0.39 is 10.0 Å². The van der Waals surface area contributed by atoms with Gasteiger partial charge in [-0.1, -0.05) is 23.9 Å². The van der Waals surface area contributed by atoms with E-state index in [1.54, 1.807) is 22.0 Å². The number of rotatable bonds is 9. The summed E-state index contributed by atoms with van der Waals surface area (Å²) in [4.78, 5) is 19.6. The third-order valence-corrected chi connectivity index (χ3v) is 7.24. The fraction of sp³-hybridized carbons (Fsp3) is 0.294. The maximum absolute atomic E-state index is 13.1. The van der Waals surface area contributed by atoms with Crippen molar-refractivity contribution in [1.29, 1.82) is 0 Å². The molecule has 0 aliphatic rings. The Balaban J connectivity index is 1.88. The first kappa shape index (κ1) is 20.3. The number of sulfonamides is 1. The van der Waals surface area contributed by atoms with Gasteiger partial charge >= 0.3 is 0 Å². The van der Waals surface area contributed by atoms with Crippen LogP contribution in [0.25, 0.3) is 20.7 Å². The van der Waals surface area contributed by atoms with Gasteiger partial charge in [0.15, 0.2) is 5.16 Å². The molecule has 0 saturated carbocycles. The molecule has 0 amide bonds. The molecule has 0 fully saturated rings. The Labute approximate surface area is 170 Å². The Bertz CT molecular complexity index is 1100. The number of thiophene rings is 2. The molecule has 0 atom stereocenters. The highest BCUT2D eigenvalue weighted by molar-refractivity contribution is 7.99. The van der Waals surface area contributed by atoms with E-state index in [0.29, 0.717) is 35.8 Å². The topological polar surface area (TPSA) is 81.1 Å². The van der Waals surface area contributed by atoms with Gasteiger partial charge in [-0.05, 0) is 17.9 Å². The normalized spacial score (nSPS) is 11.9. The zero-order valence-corrected chi connectivity index (χ0v) is 17.9. The lowest BCUT2D eigenvalue weighted by Gasteiger charge is -2.10. The number of nitrogens with one attached hydrogen (secondary N) is 1. The highest BCUT2D eigenvalue weighted by atomic mass is 32.2. The van der Waals surface area contributed by atoms with E-state index in [2.05, 4.69) is 11.3 Å². The summed E-state index contributed by atoms with van der Waals surface area (Å²) in [5.41, 5.74) is 0.857. The minimum atomic E-state index is -3.18. The average molecular weight is 442 g/mol. The van der Waals surface area contributed by atoms with E-state index in [1.165, 1.54) is 23.1 Å². The smallest absolute Gasteiger partial charge is 0.263 e. The van der Waals surface area contributed by atoms with Crippen LogP contribution in [-0.2, 0) is 16.6 Å². The summed E-state index contributed by atoms with van der Waals surface area (Å²) in [5, 5.41) is 5.25. The van der Waals surface area contributed by atoms with Crippen molar-refractivity contribution in [2.24, 2.45) is 0 Å². The number of aromatic nitrogens is 2. The molecule has 3 rings (SSSR count). The number of nitrogens with zero attached hydrogens (tertiary/aromatic N) is 2. The second-order valence-electron chi connectivity index (χ2n) is 5.77. The minimum absolute atomic E-state index is 0.0682. The summed E-state index contributed by atoms with van der Waals surface area (Å²) in [7, 11) is -3.18. The monoisotopic (exact) mass is 441 g/mol. The largest absolute Gasteiger partial charge is 0.283 e. The Kier molecular flexibility index (Phi) is 6.53. The van der Waals surface area contributed by atoms with Gasteiger partial charge in [-0.25, -0.2) is 18.1 Å². The van der Waals surface area contributed by atoms with Crippen LogP contribution in [0.1, 0.15) is 6.42 Å². The van der Waals surface area contributed by atoms with E-state index >= 15 is 0 Å². The van der Waals surface area contributed by atoms with Crippen LogP contribution in [-0.4, -0.2) is 36.5 Å². The first-order chi connectivity index (χ1) is 12.9. The van der Waals surface area contributed by atoms with Crippen molar-refractivity contribution < 1.29 is 8.42 Å². The van der Waals surface area contributed by atoms with Crippen LogP contribution >= 0.6 is 34.4 Å². The molecule has 0 saturated heterocycles. The van der Waals surface area contributed by atoms with E-state index in [4.69, 9.17) is 4.98 Å². The molecule has 6 nitrogen and oxygen atoms in total. The van der Waals surface area contributed by atoms with Crippen molar-refractivity contribution in [3.63, 3.8) is 0 Å². The van der Waals surface area contributed by atoms with Crippen LogP contribution < -0.4 is 10.3 Å². The lowest BCUT2D eigenvalue weighted by Crippen LogP contribution is -2.24. The Hall–Kier alpha value is -1.46. The SMILES string of the molecule is C=CCn1c(SCCCNS(C)(=O)=O)nc2scc(-c3cccs3)c2c1=O. The molecule has 0 radical (unpaired) electrons. The van der Waals surface area contributed by atoms with E-state index in [1.807, 2.05) is 22.9 Å². The van der Waals surface area contributed by atoms with Gasteiger partial charge in [0.2, 0.25) is 10.0 Å². The second kappa shape index (κ2) is 8.70. The maximum Gasteiger partial charge on any atom is 0.263 e. The molecule has 0 unspecified atom stereocenters. The molecular formula is C17H19N3O3S4. The van der Waals surface area contributed by atoms with Crippen LogP contribution in [0.3, 0.4) is 0 Å². The van der Waals surface area contributed by atoms with E-state index in [9.17, 15) is 13.2 Å². The summed E-state index contributed by atoms with van der Waals surface area (Å²) >= 11 is 4.52. The van der Waals surface area contributed by atoms with Gasteiger partial charge in [-0.3, -0.25) is 9.36 Å². The van der Waals surface area contributed by atoms with Gasteiger partial charge in [-0.2, -0.15) is 0 Å². The first-order valence-electron chi connectivity index (χ1n) is 8.15. The van der Waals surface area contributed by atoms with Gasteiger partial charge in [0.05, 0.1) is 11.6 Å². The fourth-order valence-electron chi connectivity index (χ4n) is 2.51. The molecule has 0 aliphatic carbocycles. The van der Waals surface area contributed by atoms with Crippen molar-refractivity contribution in [2.75, 3.05) is 18.6 Å². The van der Waals surface area contributed by atoms with Gasteiger partial charge in [0.25, 0.3) is 5.56 Å². The second-order valence-corrected chi connectivity index (χ2v) is 10.5. The molecular weight excluding hydrogens is 422 g/mol. The summed E-state index contributed by atoms with van der Waals surface area (Å²) < 4.78 is 26.3. The summed E-state index contributed by atoms with van der Waals surface area (Å²) in [6, 6.07) is 3.97. The van der Waals surface area contributed by atoms with Crippen molar-refractivity contribution in [2.45, 2.75) is 18.1 Å². The summed E-state index contributed by atoms with van der Waals surface area (Å²) in [6.07, 6.45) is 3.46. The Morgan fingerprint density at radius 1 is 1.41 bits per heavy atom. The molecule has 10 heteroatoms. The Morgan fingerprint density at radius 2 is 2.22 bits per heavy atom. The van der Waals surface area contributed by atoms with Crippen LogP contribution in [0.4, 0.5) is 0 Å². The summed E-state index contributed by atoms with van der Waals surface area (Å²) in [6.45, 7) is 4.49. The zero-order valence-electron chi connectivity index (χ0n) is 14.7. The predicted molar refractivity (Wildman–Crippen MR) is 116 cm³/mol. The number of fused-ring (bicyclic) bond motifs is 1. The molecule has 0 bridgehead atoms. The molecule has 0 aromatic carbocycles. The molecule has 27 heavy (non-hydrogen) atoms. The lowest BCUT2D eigenvalue weighted by atomic mass is 10.2. The average Bonchev–Trinajstić information content (AvgIpc) is 3.25. The van der Waals surface area contributed by atoms with Crippen molar-refractivity contribution in [3.8, 4) is 10.4 Å². The van der Waals surface area contributed by atoms with Crippen molar-refractivity contribution >= 4 is 54.7 Å². The fourth-order valence-corrected chi connectivity index (χ4v) is 5.78. The Morgan fingerprint density at radius 3 is 2.89 bits per heavy atom. The molecule has 3 aromatic heterocycles. The highest BCUT2D eigenvalue weighted by Gasteiger charge is 2.17. The van der Waals surface area contributed by atoms with Gasteiger partial charge in [-0.15, -0.1) is 29.3 Å². The third-order valence-electron chi connectivity index (χ3n) is 3.67. The number of hydrogen-bond donors (Lipinski definition) is 1. The molecule has 1 N–H and O–H groups in total. The van der Waals surface area contributed by atoms with Crippen LogP contribution in [0.5, 0.6) is 0 Å². The number of thioether (sulfide) groups is 1. The van der Waals surface area contributed by atoms with Crippen molar-refractivity contribution in [1.82, 2.24) is 14.3 Å². The van der Waals surface area contributed by atoms with Gasteiger partial charge in [0, 0.05) is 34.7 Å². The van der Waals surface area contributed by atoms with E-state index in [0.717, 1.165) is 21.5 Å². The molecule has 3 aromatic rings. The van der Waals surface area contributed by atoms with Crippen LogP contribution in [0.2, 0.25) is 0 Å². The van der Waals surface area contributed by atoms with Gasteiger partial charge in [0.1, 0.15) is 4.83 Å². The lowest BCUT2D eigenvalue weighted by molar-refractivity contribution is 0.587. The zero-order chi connectivity index (χ0) is 19.4. The van der Waals surface area contributed by atoms with Gasteiger partial charge < -0.3 is 0 Å². The van der Waals surface area contributed by atoms with Crippen molar-refractivity contribution in [3.05, 3.63) is 45.9 Å². The first-order valence-corrected chi connectivity index (χ1v) is 12.8. The number of allylic oxidation sites excluding steroid dienone is 1. The molecule has 3 heterocycles. The van der Waals surface area contributed by atoms with E-state index in [-0.39, 0.29) is 5.56 Å². The maximum atomic E-state index is 13.1. The predicted octanol–water partition coefficient (Wildman–Crippen LogP) is 3.40.